The van der Waals surface area contributed by atoms with Gasteiger partial charge in [-0.3, -0.25) is 9.79 Å². The third-order valence-electron chi connectivity index (χ3n) is 4.24. The van der Waals surface area contributed by atoms with E-state index in [1.165, 1.54) is 5.01 Å². The van der Waals surface area contributed by atoms with Gasteiger partial charge in [-0.25, -0.2) is 4.98 Å². The molecule has 0 saturated heterocycles. The predicted molar refractivity (Wildman–Crippen MR) is 100 cm³/mol. The summed E-state index contributed by atoms with van der Waals surface area (Å²) in [6.07, 6.45) is 5.99. The molecule has 130 valence electrons. The number of nitrogens with zero attached hydrogens (tertiary/aromatic N) is 4. The van der Waals surface area contributed by atoms with Gasteiger partial charge in [-0.15, -0.1) is 0 Å². The second kappa shape index (κ2) is 7.88. The van der Waals surface area contributed by atoms with E-state index in [1.54, 1.807) is 12.5 Å². The van der Waals surface area contributed by atoms with Gasteiger partial charge in [-0.05, 0) is 25.5 Å². The van der Waals surface area contributed by atoms with E-state index in [-0.39, 0.29) is 11.8 Å². The highest BCUT2D eigenvalue weighted by Gasteiger charge is 2.37. The van der Waals surface area contributed by atoms with E-state index in [4.69, 9.17) is 0 Å². The van der Waals surface area contributed by atoms with Crippen molar-refractivity contribution in [3.05, 3.63) is 48.5 Å². The van der Waals surface area contributed by atoms with Gasteiger partial charge in [0.15, 0.2) is 0 Å². The number of carbonyl (C=O) groups is 1. The summed E-state index contributed by atoms with van der Waals surface area (Å²) in [5.41, 5.74) is 3.57. The molecule has 0 fully saturated rings. The topological polar surface area (TPSA) is 73.7 Å². The van der Waals surface area contributed by atoms with Gasteiger partial charge in [-0.1, -0.05) is 31.5 Å². The molecule has 1 atom stereocenters. The van der Waals surface area contributed by atoms with Gasteiger partial charge in [0.1, 0.15) is 5.92 Å². The third-order valence-corrected chi connectivity index (χ3v) is 4.24. The predicted octanol–water partition coefficient (Wildman–Crippen LogP) is 3.23. The maximum atomic E-state index is 12.9. The summed E-state index contributed by atoms with van der Waals surface area (Å²) in [4.78, 5) is 24.6. The van der Waals surface area contributed by atoms with E-state index in [9.17, 15) is 4.79 Å². The second-order valence-electron chi connectivity index (χ2n) is 6.11. The Kier molecular flexibility index (Phi) is 5.38. The van der Waals surface area contributed by atoms with Crippen LogP contribution in [0, 0.1) is 5.92 Å². The van der Waals surface area contributed by atoms with Crippen LogP contribution < -0.4 is 5.01 Å². The van der Waals surface area contributed by atoms with Crippen LogP contribution in [0.4, 0.5) is 5.69 Å². The number of hydrogen-bond acceptors (Lipinski definition) is 4. The first-order valence-corrected chi connectivity index (χ1v) is 8.65. The smallest absolute Gasteiger partial charge is 0.261 e. The SMILES string of the molecule is CCCC1=NN(c2ccccc2)C(=O)[C@@H]1C(C)=NCCc1cnc[nH]1. The van der Waals surface area contributed by atoms with Crippen LogP contribution in [0.5, 0.6) is 0 Å². The Balaban J connectivity index is 1.76. The van der Waals surface area contributed by atoms with E-state index in [2.05, 4.69) is 27.0 Å². The van der Waals surface area contributed by atoms with Gasteiger partial charge < -0.3 is 4.98 Å². The van der Waals surface area contributed by atoms with E-state index < -0.39 is 0 Å². The molecule has 0 unspecified atom stereocenters. The number of rotatable bonds is 7. The first-order valence-electron chi connectivity index (χ1n) is 8.65. The number of aliphatic imine (C=N–C) groups is 1. The number of carbonyl (C=O) groups excluding carboxylic acids is 1. The third kappa shape index (κ3) is 3.84. The van der Waals surface area contributed by atoms with Gasteiger partial charge in [0.05, 0.1) is 17.7 Å². The number of benzene rings is 1. The van der Waals surface area contributed by atoms with Crippen LogP contribution in [-0.2, 0) is 11.2 Å². The Hall–Kier alpha value is -2.76. The summed E-state index contributed by atoms with van der Waals surface area (Å²) in [6, 6.07) is 9.56. The van der Waals surface area contributed by atoms with Gasteiger partial charge in [0, 0.05) is 30.6 Å². The average Bonchev–Trinajstić information content (AvgIpc) is 3.24. The Morgan fingerprint density at radius 1 is 1.28 bits per heavy atom. The number of hydrazone groups is 1. The van der Waals surface area contributed by atoms with Crippen LogP contribution in [0.2, 0.25) is 0 Å². The highest BCUT2D eigenvalue weighted by Crippen LogP contribution is 2.26. The number of nitrogens with one attached hydrogen (secondary N) is 1. The molecule has 1 aromatic heterocycles. The second-order valence-corrected chi connectivity index (χ2v) is 6.11. The first-order chi connectivity index (χ1) is 12.2. The molecular formula is C19H23N5O. The summed E-state index contributed by atoms with van der Waals surface area (Å²) >= 11 is 0. The zero-order valence-electron chi connectivity index (χ0n) is 14.6. The van der Waals surface area contributed by atoms with Crippen molar-refractivity contribution in [2.75, 3.05) is 11.6 Å². The lowest BCUT2D eigenvalue weighted by molar-refractivity contribution is -0.118. The molecule has 1 aliphatic heterocycles. The molecule has 1 aromatic carbocycles. The van der Waals surface area contributed by atoms with E-state index in [0.29, 0.717) is 6.54 Å². The molecule has 0 spiro atoms. The van der Waals surface area contributed by atoms with Crippen molar-refractivity contribution in [1.29, 1.82) is 0 Å². The number of imidazole rings is 1. The number of H-pyrrole nitrogens is 1. The van der Waals surface area contributed by atoms with E-state index >= 15 is 0 Å². The summed E-state index contributed by atoms with van der Waals surface area (Å²) in [5.74, 6) is -0.362. The van der Waals surface area contributed by atoms with Gasteiger partial charge in [0.25, 0.3) is 5.91 Å². The molecule has 0 saturated carbocycles. The van der Waals surface area contributed by atoms with Crippen molar-refractivity contribution >= 4 is 23.0 Å². The molecule has 2 heterocycles. The molecule has 25 heavy (non-hydrogen) atoms. The number of aromatic nitrogens is 2. The molecule has 6 heteroatoms. The largest absolute Gasteiger partial charge is 0.348 e. The zero-order valence-corrected chi connectivity index (χ0v) is 14.6. The minimum atomic E-state index is -0.345. The molecule has 0 aliphatic carbocycles. The van der Waals surface area contributed by atoms with Gasteiger partial charge in [0.2, 0.25) is 0 Å². The number of para-hydroxylation sites is 1. The summed E-state index contributed by atoms with van der Waals surface area (Å²) in [6.45, 7) is 4.65. The number of aromatic amines is 1. The Morgan fingerprint density at radius 3 is 2.76 bits per heavy atom. The van der Waals surface area contributed by atoms with Crippen molar-refractivity contribution in [3.8, 4) is 0 Å². The van der Waals surface area contributed by atoms with Crippen LogP contribution in [0.1, 0.15) is 32.4 Å². The molecule has 3 rings (SSSR count). The van der Waals surface area contributed by atoms with Crippen LogP contribution >= 0.6 is 0 Å². The minimum Gasteiger partial charge on any atom is -0.348 e. The Labute approximate surface area is 147 Å². The number of amides is 1. The molecule has 1 N–H and O–H groups in total. The molecule has 1 amide bonds. The zero-order chi connectivity index (χ0) is 17.6. The lowest BCUT2D eigenvalue weighted by Gasteiger charge is -2.14. The highest BCUT2D eigenvalue weighted by atomic mass is 16.2. The Morgan fingerprint density at radius 2 is 2.08 bits per heavy atom. The minimum absolute atomic E-state index is 0.0163. The Bertz CT molecular complexity index is 764. The number of anilines is 1. The van der Waals surface area contributed by atoms with Crippen LogP contribution in [-0.4, -0.2) is 33.8 Å². The van der Waals surface area contributed by atoms with Crippen LogP contribution in [0.3, 0.4) is 0 Å². The lowest BCUT2D eigenvalue weighted by Crippen LogP contribution is -2.32. The first kappa shape index (κ1) is 17.1. The highest BCUT2D eigenvalue weighted by molar-refractivity contribution is 6.28. The summed E-state index contributed by atoms with van der Waals surface area (Å²) < 4.78 is 0. The molecular weight excluding hydrogens is 314 g/mol. The fourth-order valence-electron chi connectivity index (χ4n) is 2.99. The maximum absolute atomic E-state index is 12.9. The fraction of sp³-hybridized carbons (Fsp3) is 0.368. The molecule has 0 bridgehead atoms. The maximum Gasteiger partial charge on any atom is 0.261 e. The van der Waals surface area contributed by atoms with Crippen molar-refractivity contribution in [3.63, 3.8) is 0 Å². The monoisotopic (exact) mass is 337 g/mol. The van der Waals surface area contributed by atoms with Gasteiger partial charge in [-0.2, -0.15) is 10.1 Å². The molecule has 6 nitrogen and oxygen atoms in total. The summed E-state index contributed by atoms with van der Waals surface area (Å²) in [7, 11) is 0. The number of hydrogen-bond donors (Lipinski definition) is 1. The lowest BCUT2D eigenvalue weighted by atomic mass is 9.95. The van der Waals surface area contributed by atoms with Crippen molar-refractivity contribution in [1.82, 2.24) is 9.97 Å². The molecule has 2 aromatic rings. The molecule has 0 radical (unpaired) electrons. The normalized spacial score (nSPS) is 17.9. The van der Waals surface area contributed by atoms with Crippen LogP contribution in [0.25, 0.3) is 0 Å². The van der Waals surface area contributed by atoms with Crippen molar-refractivity contribution < 1.29 is 4.79 Å². The molecule has 1 aliphatic rings. The van der Waals surface area contributed by atoms with E-state index in [1.807, 2.05) is 37.3 Å². The quantitative estimate of drug-likeness (QED) is 0.788. The summed E-state index contributed by atoms with van der Waals surface area (Å²) in [5, 5.41) is 6.11. The fourth-order valence-corrected chi connectivity index (χ4v) is 2.99. The van der Waals surface area contributed by atoms with Gasteiger partial charge >= 0.3 is 0 Å². The van der Waals surface area contributed by atoms with Crippen molar-refractivity contribution in [2.45, 2.75) is 33.1 Å². The van der Waals surface area contributed by atoms with E-state index in [0.717, 1.165) is 42.1 Å². The standard InChI is InChI=1S/C19H23N5O/c1-3-7-17-18(14(2)21-11-10-15-12-20-13-22-15)19(25)24(23-17)16-8-5-4-6-9-16/h4-6,8-9,12-13,18H,3,7,10-11H2,1-2H3,(H,20,22)/t18-/m1/s1. The van der Waals surface area contributed by atoms with Crippen LogP contribution in [0.15, 0.2) is 52.9 Å². The average molecular weight is 337 g/mol. The van der Waals surface area contributed by atoms with Crippen molar-refractivity contribution in [2.24, 2.45) is 16.0 Å².